The molecule has 1 aliphatic rings. The van der Waals surface area contributed by atoms with Gasteiger partial charge in [0, 0.05) is 12.0 Å². The van der Waals surface area contributed by atoms with Crippen molar-refractivity contribution in [3.8, 4) is 11.5 Å². The number of nitrogens with one attached hydrogen (secondary N) is 1. The number of rotatable bonds is 4. The van der Waals surface area contributed by atoms with E-state index in [1.165, 1.54) is 0 Å². The molecule has 3 aromatic rings. The van der Waals surface area contributed by atoms with Crippen LogP contribution in [0.3, 0.4) is 0 Å². The minimum absolute atomic E-state index is 0.00498. The van der Waals surface area contributed by atoms with Crippen LogP contribution >= 0.6 is 0 Å². The standard InChI is InChI=1S/C23H23NO3/c1-15(16-7-8-18-14-19(26-2)10-9-17(18)13-16)23(25)24-21-11-12-27-22-6-4-3-5-20(21)22/h3-10,13-15,21H,11-12H2,1-2H3,(H,24,25)/t15-,21-/m1/s1. The Bertz CT molecular complexity index is 982. The third-order valence-corrected chi connectivity index (χ3v) is 5.24. The predicted octanol–water partition coefficient (Wildman–Crippen LogP) is 4.59. The first-order valence-corrected chi connectivity index (χ1v) is 9.25. The van der Waals surface area contributed by atoms with Gasteiger partial charge in [-0.1, -0.05) is 42.5 Å². The van der Waals surface area contributed by atoms with Gasteiger partial charge in [0.25, 0.3) is 0 Å². The van der Waals surface area contributed by atoms with E-state index >= 15 is 0 Å². The molecule has 2 atom stereocenters. The maximum Gasteiger partial charge on any atom is 0.227 e. The molecule has 4 nitrogen and oxygen atoms in total. The summed E-state index contributed by atoms with van der Waals surface area (Å²) in [5, 5.41) is 5.40. The molecule has 138 valence electrons. The minimum atomic E-state index is -0.230. The number of amides is 1. The van der Waals surface area contributed by atoms with Crippen LogP contribution in [0.1, 0.15) is 36.4 Å². The molecule has 1 heterocycles. The van der Waals surface area contributed by atoms with E-state index in [0.717, 1.165) is 39.8 Å². The summed E-state index contributed by atoms with van der Waals surface area (Å²) in [6, 6.07) is 20.0. The first-order valence-electron chi connectivity index (χ1n) is 9.25. The molecule has 1 N–H and O–H groups in total. The van der Waals surface area contributed by atoms with Crippen LogP contribution in [0.2, 0.25) is 0 Å². The minimum Gasteiger partial charge on any atom is -0.497 e. The second kappa shape index (κ2) is 7.31. The zero-order chi connectivity index (χ0) is 18.8. The summed E-state index contributed by atoms with van der Waals surface area (Å²) >= 11 is 0. The molecule has 0 fully saturated rings. The third-order valence-electron chi connectivity index (χ3n) is 5.24. The molecule has 0 unspecified atom stereocenters. The summed E-state index contributed by atoms with van der Waals surface area (Å²) in [6.45, 7) is 2.57. The van der Waals surface area contributed by atoms with Crippen LogP contribution in [0.15, 0.2) is 60.7 Å². The molecule has 0 bridgehead atoms. The number of fused-ring (bicyclic) bond motifs is 2. The average molecular weight is 361 g/mol. The Morgan fingerprint density at radius 3 is 2.74 bits per heavy atom. The molecule has 4 heteroatoms. The van der Waals surface area contributed by atoms with Gasteiger partial charge in [-0.05, 0) is 41.5 Å². The highest BCUT2D eigenvalue weighted by Gasteiger charge is 2.25. The summed E-state index contributed by atoms with van der Waals surface area (Å²) in [7, 11) is 1.66. The Kier molecular flexibility index (Phi) is 4.71. The van der Waals surface area contributed by atoms with E-state index in [-0.39, 0.29) is 17.9 Å². The molecule has 0 aromatic heterocycles. The van der Waals surface area contributed by atoms with E-state index in [9.17, 15) is 4.79 Å². The maximum absolute atomic E-state index is 12.9. The first kappa shape index (κ1) is 17.4. The van der Waals surface area contributed by atoms with E-state index in [1.54, 1.807) is 7.11 Å². The van der Waals surface area contributed by atoms with Crippen molar-refractivity contribution >= 4 is 16.7 Å². The van der Waals surface area contributed by atoms with Crippen LogP contribution < -0.4 is 14.8 Å². The number of methoxy groups -OCH3 is 1. The van der Waals surface area contributed by atoms with Crippen LogP contribution in [0, 0.1) is 0 Å². The normalized spacial score (nSPS) is 16.9. The lowest BCUT2D eigenvalue weighted by atomic mass is 9.95. The summed E-state index contributed by atoms with van der Waals surface area (Å²) in [5.74, 6) is 1.50. The second-order valence-corrected chi connectivity index (χ2v) is 6.93. The van der Waals surface area contributed by atoms with Gasteiger partial charge in [-0.25, -0.2) is 0 Å². The van der Waals surface area contributed by atoms with Gasteiger partial charge in [-0.15, -0.1) is 0 Å². The zero-order valence-electron chi connectivity index (χ0n) is 15.6. The van der Waals surface area contributed by atoms with Gasteiger partial charge in [0.1, 0.15) is 11.5 Å². The maximum atomic E-state index is 12.9. The SMILES string of the molecule is COc1ccc2cc([C@@H](C)C(=O)N[C@@H]3CCOc4ccccc43)ccc2c1. The molecule has 0 aliphatic carbocycles. The topological polar surface area (TPSA) is 47.6 Å². The lowest BCUT2D eigenvalue weighted by Crippen LogP contribution is -2.34. The fourth-order valence-corrected chi connectivity index (χ4v) is 3.58. The van der Waals surface area contributed by atoms with Gasteiger partial charge in [0.05, 0.1) is 25.7 Å². The van der Waals surface area contributed by atoms with Gasteiger partial charge in [-0.2, -0.15) is 0 Å². The number of ether oxygens (including phenoxy) is 2. The van der Waals surface area contributed by atoms with Crippen LogP contribution in [-0.4, -0.2) is 19.6 Å². The summed E-state index contributed by atoms with van der Waals surface area (Å²) in [4.78, 5) is 12.9. The summed E-state index contributed by atoms with van der Waals surface area (Å²) in [6.07, 6.45) is 0.785. The van der Waals surface area contributed by atoms with Crippen LogP contribution in [-0.2, 0) is 4.79 Å². The molecule has 0 saturated carbocycles. The van der Waals surface area contributed by atoms with Crippen molar-refractivity contribution in [1.82, 2.24) is 5.32 Å². The van der Waals surface area contributed by atoms with Crippen LogP contribution in [0.25, 0.3) is 10.8 Å². The van der Waals surface area contributed by atoms with Gasteiger partial charge in [-0.3, -0.25) is 4.79 Å². The Hall–Kier alpha value is -3.01. The van der Waals surface area contributed by atoms with Gasteiger partial charge < -0.3 is 14.8 Å². The highest BCUT2D eigenvalue weighted by atomic mass is 16.5. The number of carbonyl (C=O) groups is 1. The van der Waals surface area contributed by atoms with Crippen molar-refractivity contribution in [2.75, 3.05) is 13.7 Å². The number of hydrogen-bond donors (Lipinski definition) is 1. The first-order chi connectivity index (χ1) is 13.2. The number of hydrogen-bond acceptors (Lipinski definition) is 3. The quantitative estimate of drug-likeness (QED) is 0.739. The van der Waals surface area contributed by atoms with Crippen LogP contribution in [0.5, 0.6) is 11.5 Å². The summed E-state index contributed by atoms with van der Waals surface area (Å²) in [5.41, 5.74) is 2.06. The highest BCUT2D eigenvalue weighted by molar-refractivity contribution is 5.88. The van der Waals surface area contributed by atoms with E-state index < -0.39 is 0 Å². The van der Waals surface area contributed by atoms with Crippen LogP contribution in [0.4, 0.5) is 0 Å². The molecule has 0 saturated heterocycles. The highest BCUT2D eigenvalue weighted by Crippen LogP contribution is 2.32. The Morgan fingerprint density at radius 2 is 1.89 bits per heavy atom. The predicted molar refractivity (Wildman–Crippen MR) is 106 cm³/mol. The smallest absolute Gasteiger partial charge is 0.227 e. The molecular weight excluding hydrogens is 338 g/mol. The van der Waals surface area contributed by atoms with Gasteiger partial charge in [0.2, 0.25) is 5.91 Å². The van der Waals surface area contributed by atoms with E-state index in [1.807, 2.05) is 61.5 Å². The molecule has 27 heavy (non-hydrogen) atoms. The molecule has 0 spiro atoms. The molecule has 1 aliphatic heterocycles. The Balaban J connectivity index is 1.53. The monoisotopic (exact) mass is 361 g/mol. The Labute approximate surface area is 159 Å². The molecule has 4 rings (SSSR count). The number of carbonyl (C=O) groups excluding carboxylic acids is 1. The molecular formula is C23H23NO3. The van der Waals surface area contributed by atoms with Gasteiger partial charge >= 0.3 is 0 Å². The second-order valence-electron chi connectivity index (χ2n) is 6.93. The average Bonchev–Trinajstić information content (AvgIpc) is 2.72. The van der Waals surface area contributed by atoms with Crippen molar-refractivity contribution in [1.29, 1.82) is 0 Å². The van der Waals surface area contributed by atoms with Crippen molar-refractivity contribution in [2.45, 2.75) is 25.3 Å². The number of benzene rings is 3. The molecule has 0 radical (unpaired) electrons. The lowest BCUT2D eigenvalue weighted by Gasteiger charge is -2.27. The van der Waals surface area contributed by atoms with Crippen molar-refractivity contribution in [3.63, 3.8) is 0 Å². The van der Waals surface area contributed by atoms with Crippen molar-refractivity contribution in [3.05, 3.63) is 71.8 Å². The van der Waals surface area contributed by atoms with E-state index in [4.69, 9.17) is 9.47 Å². The third kappa shape index (κ3) is 3.47. The number of para-hydroxylation sites is 1. The van der Waals surface area contributed by atoms with E-state index in [0.29, 0.717) is 6.61 Å². The fraction of sp³-hybridized carbons (Fsp3) is 0.261. The largest absolute Gasteiger partial charge is 0.497 e. The van der Waals surface area contributed by atoms with Crippen molar-refractivity contribution < 1.29 is 14.3 Å². The van der Waals surface area contributed by atoms with E-state index in [2.05, 4.69) is 11.4 Å². The van der Waals surface area contributed by atoms with Gasteiger partial charge in [0.15, 0.2) is 0 Å². The molecule has 3 aromatic carbocycles. The molecule has 1 amide bonds. The van der Waals surface area contributed by atoms with Crippen molar-refractivity contribution in [2.24, 2.45) is 0 Å². The lowest BCUT2D eigenvalue weighted by molar-refractivity contribution is -0.123. The Morgan fingerprint density at radius 1 is 1.11 bits per heavy atom. The fourth-order valence-electron chi connectivity index (χ4n) is 3.58. The summed E-state index contributed by atoms with van der Waals surface area (Å²) < 4.78 is 11.0. The zero-order valence-corrected chi connectivity index (χ0v) is 15.6.